The van der Waals surface area contributed by atoms with Crippen molar-refractivity contribution in [2.24, 2.45) is 0 Å². The quantitative estimate of drug-likeness (QED) is 0.341. The topological polar surface area (TPSA) is 119 Å². The number of hydrogen-bond acceptors (Lipinski definition) is 7. The van der Waals surface area contributed by atoms with Crippen LogP contribution in [0.1, 0.15) is 17.3 Å². The molecule has 3 aromatic rings. The van der Waals surface area contributed by atoms with Crippen molar-refractivity contribution in [3.63, 3.8) is 0 Å². The van der Waals surface area contributed by atoms with Crippen molar-refractivity contribution in [3.8, 4) is 0 Å². The number of fused-ring (bicyclic) bond motifs is 1. The van der Waals surface area contributed by atoms with Crippen molar-refractivity contribution in [2.75, 3.05) is 61.0 Å². The summed E-state index contributed by atoms with van der Waals surface area (Å²) >= 11 is 5.03. The van der Waals surface area contributed by atoms with Crippen LogP contribution in [0.15, 0.2) is 35.3 Å². The van der Waals surface area contributed by atoms with Gasteiger partial charge < -0.3 is 34.8 Å². The Bertz CT molecular complexity index is 1680. The smallest absolute Gasteiger partial charge is 0.414 e. The number of aromatic carboxylic acids is 1. The zero-order valence-corrected chi connectivity index (χ0v) is 24.1. The number of piperazine rings is 1. The van der Waals surface area contributed by atoms with Crippen molar-refractivity contribution >= 4 is 57.4 Å². The van der Waals surface area contributed by atoms with E-state index in [2.05, 4.69) is 10.6 Å². The van der Waals surface area contributed by atoms with Gasteiger partial charge in [-0.1, -0.05) is 0 Å². The van der Waals surface area contributed by atoms with Gasteiger partial charge in [0.05, 0.1) is 35.4 Å². The van der Waals surface area contributed by atoms with Gasteiger partial charge in [0.1, 0.15) is 29.0 Å². The number of nitrogens with zero attached hydrogens (tertiary/aromatic N) is 4. The van der Waals surface area contributed by atoms with Gasteiger partial charge in [0.2, 0.25) is 5.43 Å². The Morgan fingerprint density at radius 3 is 2.42 bits per heavy atom. The Kier molecular flexibility index (Phi) is 8.35. The molecular weight excluding hydrogens is 589 g/mol. The second kappa shape index (κ2) is 12.0. The first kappa shape index (κ1) is 29.9. The van der Waals surface area contributed by atoms with Gasteiger partial charge in [-0.25, -0.2) is 22.8 Å². The number of cyclic esters (lactones) is 1. The van der Waals surface area contributed by atoms with Crippen molar-refractivity contribution in [2.45, 2.75) is 19.6 Å². The number of aryl methyl sites for hydroxylation is 1. The lowest BCUT2D eigenvalue weighted by Gasteiger charge is -2.38. The Morgan fingerprint density at radius 2 is 1.79 bits per heavy atom. The largest absolute Gasteiger partial charge is 0.477 e. The van der Waals surface area contributed by atoms with Crippen LogP contribution in [0.25, 0.3) is 10.9 Å². The van der Waals surface area contributed by atoms with E-state index in [1.54, 1.807) is 31.0 Å². The molecule has 3 N–H and O–H groups in total. The van der Waals surface area contributed by atoms with Crippen molar-refractivity contribution in [1.82, 2.24) is 15.2 Å². The van der Waals surface area contributed by atoms with Crippen molar-refractivity contribution in [3.05, 3.63) is 63.7 Å². The third kappa shape index (κ3) is 5.63. The van der Waals surface area contributed by atoms with Gasteiger partial charge in [-0.05, 0) is 43.4 Å². The number of carboxylic acids is 1. The van der Waals surface area contributed by atoms with Crippen molar-refractivity contribution in [1.29, 1.82) is 0 Å². The highest BCUT2D eigenvalue weighted by Gasteiger charge is 2.33. The number of pyridine rings is 1. The van der Waals surface area contributed by atoms with E-state index in [1.165, 1.54) is 20.4 Å². The first-order chi connectivity index (χ1) is 20.5. The lowest BCUT2D eigenvalue weighted by Crippen LogP contribution is -2.47. The number of thiocarbonyl (C=S) groups is 1. The van der Waals surface area contributed by atoms with Crippen LogP contribution in [0.5, 0.6) is 0 Å². The molecule has 1 aromatic heterocycles. The summed E-state index contributed by atoms with van der Waals surface area (Å²) in [6, 6.07) is 5.28. The third-order valence-corrected chi connectivity index (χ3v) is 7.92. The minimum Gasteiger partial charge on any atom is -0.477 e. The number of aromatic nitrogens is 1. The van der Waals surface area contributed by atoms with Crippen LogP contribution in [-0.2, 0) is 11.3 Å². The van der Waals surface area contributed by atoms with Crippen molar-refractivity contribution < 1.29 is 32.6 Å². The Hall–Kier alpha value is -4.53. The molecule has 0 aliphatic carbocycles. The molecule has 0 spiro atoms. The Morgan fingerprint density at radius 1 is 1.09 bits per heavy atom. The number of amides is 1. The van der Waals surface area contributed by atoms with E-state index >= 15 is 13.2 Å². The fraction of sp³-hybridized carbons (Fsp3) is 0.357. The standard InChI is InChI=1S/C28H29F3N6O5S/c1-3-34-14-18(26(39)40)25(38)17-11-20(30)24(22(31)23(17)34)36-8-6-35(7-9-36)21-5-4-15(10-19(21)29)37-13-16(42-28(37)41)12-33-27(43)32-2/h4-5,10-11,14,16H,3,6-9,12-13H2,1-2H3,(H,39,40)(H2,32,33,43). The summed E-state index contributed by atoms with van der Waals surface area (Å²) in [5, 5.41) is 15.1. The number of halogens is 3. The highest BCUT2D eigenvalue weighted by atomic mass is 32.1. The normalized spacial score (nSPS) is 16.9. The average molecular weight is 619 g/mol. The van der Waals surface area contributed by atoms with E-state index in [0.717, 1.165) is 12.3 Å². The lowest BCUT2D eigenvalue weighted by molar-refractivity contribution is 0.0694. The summed E-state index contributed by atoms with van der Waals surface area (Å²) in [4.78, 5) is 41.1. The molecule has 2 saturated heterocycles. The number of carbonyl (C=O) groups is 2. The maximum Gasteiger partial charge on any atom is 0.414 e. The minimum absolute atomic E-state index is 0.145. The van der Waals surface area contributed by atoms with E-state index in [4.69, 9.17) is 17.0 Å². The zero-order chi connectivity index (χ0) is 31.0. The molecule has 2 aromatic carbocycles. The summed E-state index contributed by atoms with van der Waals surface area (Å²) < 4.78 is 52.9. The molecule has 2 fully saturated rings. The summed E-state index contributed by atoms with van der Waals surface area (Å²) in [6.45, 7) is 3.07. The highest BCUT2D eigenvalue weighted by Crippen LogP contribution is 2.33. The van der Waals surface area contributed by atoms with Crippen LogP contribution in [0, 0.1) is 17.5 Å². The zero-order valence-electron chi connectivity index (χ0n) is 23.3. The fourth-order valence-electron chi connectivity index (χ4n) is 5.39. The van der Waals surface area contributed by atoms with Gasteiger partial charge in [0.25, 0.3) is 0 Å². The summed E-state index contributed by atoms with van der Waals surface area (Å²) in [6.07, 6.45) is -0.0212. The molecule has 15 heteroatoms. The molecule has 0 radical (unpaired) electrons. The molecule has 5 rings (SSSR count). The van der Waals surface area contributed by atoms with Crippen LogP contribution in [0.3, 0.4) is 0 Å². The number of carboxylic acid groups (broad SMARTS) is 1. The molecule has 2 aliphatic rings. The maximum atomic E-state index is 15.8. The minimum atomic E-state index is -1.48. The van der Waals surface area contributed by atoms with Crippen LogP contribution in [0.2, 0.25) is 0 Å². The summed E-state index contributed by atoms with van der Waals surface area (Å²) in [5.41, 5.74) is -1.45. The van der Waals surface area contributed by atoms with Crippen LogP contribution in [0.4, 0.5) is 35.0 Å². The van der Waals surface area contributed by atoms with E-state index in [1.807, 2.05) is 0 Å². The fourth-order valence-corrected chi connectivity index (χ4v) is 5.48. The summed E-state index contributed by atoms with van der Waals surface area (Å²) in [7, 11) is 1.66. The molecule has 0 bridgehead atoms. The van der Waals surface area contributed by atoms with Gasteiger partial charge in [-0.3, -0.25) is 9.69 Å². The van der Waals surface area contributed by atoms with Crippen LogP contribution < -0.4 is 30.8 Å². The molecule has 1 amide bonds. The van der Waals surface area contributed by atoms with Gasteiger partial charge >= 0.3 is 12.1 Å². The SMILES string of the molecule is CCn1cc(C(=O)O)c(=O)c2cc(F)c(N3CCN(c4ccc(N5CC(CNC(=S)NC)OC5=O)cc4F)CC3)c(F)c21. The monoisotopic (exact) mass is 618 g/mol. The number of carbonyl (C=O) groups excluding carboxylic acids is 1. The van der Waals surface area contributed by atoms with E-state index < -0.39 is 46.6 Å². The maximum absolute atomic E-state index is 15.8. The summed E-state index contributed by atoms with van der Waals surface area (Å²) in [5.74, 6) is -4.01. The van der Waals surface area contributed by atoms with Crippen LogP contribution >= 0.6 is 12.2 Å². The number of hydrogen-bond donors (Lipinski definition) is 3. The van der Waals surface area contributed by atoms with E-state index in [0.29, 0.717) is 17.3 Å². The second-order valence-corrected chi connectivity index (χ2v) is 10.5. The number of nitrogens with one attached hydrogen (secondary N) is 2. The van der Waals surface area contributed by atoms with Gasteiger partial charge in [0.15, 0.2) is 10.9 Å². The van der Waals surface area contributed by atoms with E-state index in [9.17, 15) is 19.5 Å². The molecule has 1 atom stereocenters. The highest BCUT2D eigenvalue weighted by molar-refractivity contribution is 7.80. The van der Waals surface area contributed by atoms with E-state index in [-0.39, 0.29) is 61.5 Å². The number of anilines is 3. The van der Waals surface area contributed by atoms with Gasteiger partial charge in [0, 0.05) is 46.0 Å². The molecule has 228 valence electrons. The molecule has 0 saturated carbocycles. The number of rotatable bonds is 7. The molecular formula is C28H29F3N6O5S. The average Bonchev–Trinajstić information content (AvgIpc) is 3.36. The molecule has 2 aliphatic heterocycles. The molecule has 3 heterocycles. The Labute approximate surface area is 249 Å². The number of benzene rings is 2. The third-order valence-electron chi connectivity index (χ3n) is 7.57. The molecule has 11 nitrogen and oxygen atoms in total. The van der Waals surface area contributed by atoms with Gasteiger partial charge in [-0.2, -0.15) is 0 Å². The second-order valence-electron chi connectivity index (χ2n) is 10.1. The predicted octanol–water partition coefficient (Wildman–Crippen LogP) is 2.88. The lowest BCUT2D eigenvalue weighted by atomic mass is 10.1. The first-order valence-electron chi connectivity index (χ1n) is 13.6. The van der Waals surface area contributed by atoms with Gasteiger partial charge in [-0.15, -0.1) is 0 Å². The number of ether oxygens (including phenoxy) is 1. The Balaban J connectivity index is 1.32. The molecule has 1 unspecified atom stereocenters. The first-order valence-corrected chi connectivity index (χ1v) is 14.0. The molecule has 43 heavy (non-hydrogen) atoms. The predicted molar refractivity (Wildman–Crippen MR) is 159 cm³/mol. The van der Waals surface area contributed by atoms with Crippen LogP contribution in [-0.4, -0.2) is 79.3 Å².